The van der Waals surface area contributed by atoms with Gasteiger partial charge in [0.2, 0.25) is 6.19 Å². The van der Waals surface area contributed by atoms with Crippen LogP contribution in [-0.2, 0) is 26.9 Å². The summed E-state index contributed by atoms with van der Waals surface area (Å²) in [6, 6.07) is 0. The monoisotopic (exact) mass is 328 g/mol. The molecule has 0 aliphatic rings. The molecule has 0 fully saturated rings. The van der Waals surface area contributed by atoms with Crippen LogP contribution in [0.4, 0.5) is 0 Å². The van der Waals surface area contributed by atoms with E-state index in [1.165, 1.54) is 0 Å². The lowest BCUT2D eigenvalue weighted by molar-refractivity contribution is 0.144. The van der Waals surface area contributed by atoms with Crippen molar-refractivity contribution in [1.29, 1.82) is 5.26 Å². The predicted octanol–water partition coefficient (Wildman–Crippen LogP) is -1.87. The number of phosphoric acid groups is 3. The van der Waals surface area contributed by atoms with Crippen molar-refractivity contribution >= 4 is 40.8 Å². The highest BCUT2D eigenvalue weighted by atomic mass is 31.3. The minimum absolute atomic E-state index is 0. The third-order valence-corrected chi connectivity index (χ3v) is 4.27. The molecule has 0 saturated carbocycles. The van der Waals surface area contributed by atoms with Crippen molar-refractivity contribution in [3.63, 3.8) is 0 Å². The van der Waals surface area contributed by atoms with Crippen LogP contribution in [-0.4, -0.2) is 36.9 Å². The molecule has 16 heteroatoms. The fraction of sp³-hybridized carbons (Fsp3) is 0. The number of hydrogen-bond acceptors (Lipinski definition) is 8. The fourth-order valence-electron chi connectivity index (χ4n) is 0.374. The average Bonchev–Trinajstić information content (AvgIpc) is 1.93. The topological polar surface area (TPSA) is 196 Å². The summed E-state index contributed by atoms with van der Waals surface area (Å²) in [5, 5.41) is 7.85. The number of rotatable bonds is 6. The average molecular weight is 328 g/mol. The maximum atomic E-state index is 10.7. The van der Waals surface area contributed by atoms with Gasteiger partial charge in [0.1, 0.15) is 0 Å². The largest absolute Gasteiger partial charge is 0.503 e. The van der Waals surface area contributed by atoms with E-state index in [2.05, 4.69) is 13.2 Å². The molecule has 0 heterocycles. The Morgan fingerprint density at radius 1 is 1.00 bits per heavy atom. The molecule has 0 aromatic heterocycles. The molecule has 17 heavy (non-hydrogen) atoms. The third kappa shape index (κ3) is 11.1. The molecule has 0 saturated heterocycles. The van der Waals surface area contributed by atoms with Gasteiger partial charge in [-0.05, 0) is 0 Å². The summed E-state index contributed by atoms with van der Waals surface area (Å²) in [4.78, 5) is 33.4. The van der Waals surface area contributed by atoms with E-state index in [0.717, 1.165) is 11.7 Å². The second-order valence-corrected chi connectivity index (χ2v) is 6.24. The molecule has 0 aromatic rings. The third-order valence-electron chi connectivity index (χ3n) is 0.623. The second kappa shape index (κ2) is 6.98. The highest BCUT2D eigenvalue weighted by Crippen LogP contribution is 2.65. The van der Waals surface area contributed by atoms with E-state index >= 15 is 0 Å². The first-order valence-corrected chi connectivity index (χ1v) is 7.46. The highest BCUT2D eigenvalue weighted by Gasteiger charge is 2.41. The van der Waals surface area contributed by atoms with Crippen LogP contribution < -0.4 is 5.48 Å². The van der Waals surface area contributed by atoms with E-state index in [1.54, 1.807) is 0 Å². The van der Waals surface area contributed by atoms with E-state index in [1.807, 2.05) is 0 Å². The molecule has 2 atom stereocenters. The van der Waals surface area contributed by atoms with Gasteiger partial charge in [0.25, 0.3) is 0 Å². The van der Waals surface area contributed by atoms with Crippen LogP contribution in [0, 0.1) is 11.5 Å². The zero-order valence-corrected chi connectivity index (χ0v) is 9.71. The first-order valence-electron chi connectivity index (χ1n) is 2.94. The van der Waals surface area contributed by atoms with Crippen molar-refractivity contribution in [1.82, 2.24) is 5.48 Å². The van der Waals surface area contributed by atoms with Crippen LogP contribution in [0.15, 0.2) is 0 Å². The standard InChI is InChI=1S/CH5N2O10P3.Al.3H/c2-1-3-11-15(7,8)13-16(9,10)12-14(4,5)6;;;;/h3H,(H,7,8)(H,9,10)(H2,4,5,6);;;;. The van der Waals surface area contributed by atoms with Gasteiger partial charge < -0.3 is 19.6 Å². The molecule has 0 rings (SSSR count). The minimum atomic E-state index is -5.53. The Morgan fingerprint density at radius 3 is 1.82 bits per heavy atom. The molecule has 0 aromatic carbocycles. The molecule has 0 radical (unpaired) electrons. The first kappa shape index (κ1) is 19.6. The number of nitrogens with zero attached hydrogens (tertiary/aromatic N) is 1. The Bertz CT molecular complexity index is 422. The lowest BCUT2D eigenvalue weighted by atomic mass is 11.5. The number of hydrogen-bond donors (Lipinski definition) is 5. The zero-order valence-electron chi connectivity index (χ0n) is 7.03. The smallest absolute Gasteiger partial charge is 0.302 e. The molecule has 5 N–H and O–H groups in total. The van der Waals surface area contributed by atoms with Crippen LogP contribution in [0.25, 0.3) is 0 Å². The minimum Gasteiger partial charge on any atom is -0.302 e. The van der Waals surface area contributed by atoms with Gasteiger partial charge >= 0.3 is 23.5 Å². The maximum Gasteiger partial charge on any atom is 0.503 e. The Balaban J connectivity index is 0. The van der Waals surface area contributed by atoms with Crippen LogP contribution in [0.3, 0.4) is 0 Å². The van der Waals surface area contributed by atoms with E-state index in [-0.39, 0.29) is 17.4 Å². The van der Waals surface area contributed by atoms with Crippen molar-refractivity contribution < 1.29 is 46.5 Å². The summed E-state index contributed by atoms with van der Waals surface area (Å²) < 4.78 is 41.6. The van der Waals surface area contributed by atoms with Crippen LogP contribution in [0.5, 0.6) is 0 Å². The van der Waals surface area contributed by atoms with E-state index in [0.29, 0.717) is 0 Å². The van der Waals surface area contributed by atoms with Crippen molar-refractivity contribution in [2.75, 3.05) is 0 Å². The van der Waals surface area contributed by atoms with Crippen LogP contribution >= 0.6 is 23.5 Å². The Morgan fingerprint density at radius 2 is 1.47 bits per heavy atom. The van der Waals surface area contributed by atoms with E-state index in [4.69, 9.17) is 24.8 Å². The summed E-state index contributed by atoms with van der Waals surface area (Å²) in [6.45, 7) is 0. The summed E-state index contributed by atoms with van der Waals surface area (Å²) in [5.74, 6) is 0. The summed E-state index contributed by atoms with van der Waals surface area (Å²) in [5.41, 5.74) is 1.16. The molecule has 0 aliphatic carbocycles. The van der Waals surface area contributed by atoms with Gasteiger partial charge in [-0.15, -0.1) is 0 Å². The molecule has 100 valence electrons. The maximum absolute atomic E-state index is 10.7. The van der Waals surface area contributed by atoms with Crippen LogP contribution in [0.1, 0.15) is 0 Å². The molecular formula is CH8AlN2O10P3. The van der Waals surface area contributed by atoms with E-state index in [9.17, 15) is 13.7 Å². The Labute approximate surface area is 105 Å². The molecule has 0 aliphatic heterocycles. The number of nitrogens with one attached hydrogen (secondary N) is 1. The Hall–Kier alpha value is 0.232. The quantitative estimate of drug-likeness (QED) is 0.120. The van der Waals surface area contributed by atoms with Crippen molar-refractivity contribution in [3.05, 3.63) is 0 Å². The summed E-state index contributed by atoms with van der Waals surface area (Å²) in [7, 11) is -16.2. The second-order valence-electron chi connectivity index (χ2n) is 1.90. The van der Waals surface area contributed by atoms with Gasteiger partial charge in [-0.2, -0.15) is 24.0 Å². The molecule has 0 amide bonds. The Kier molecular flexibility index (Phi) is 8.03. The first-order chi connectivity index (χ1) is 6.97. The van der Waals surface area contributed by atoms with Gasteiger partial charge in [0, 0.05) is 0 Å². The van der Waals surface area contributed by atoms with Crippen LogP contribution in [0.2, 0.25) is 0 Å². The van der Waals surface area contributed by atoms with Crippen molar-refractivity contribution in [2.45, 2.75) is 0 Å². The number of nitriles is 1. The molecule has 0 bridgehead atoms. The van der Waals surface area contributed by atoms with Gasteiger partial charge in [-0.3, -0.25) is 0 Å². The predicted molar refractivity (Wildman–Crippen MR) is 53.6 cm³/mol. The summed E-state index contributed by atoms with van der Waals surface area (Å²) >= 11 is 0. The van der Waals surface area contributed by atoms with Gasteiger partial charge in [-0.1, -0.05) is 0 Å². The fourth-order valence-corrected chi connectivity index (χ4v) is 3.17. The van der Waals surface area contributed by atoms with E-state index < -0.39 is 23.5 Å². The van der Waals surface area contributed by atoms with Crippen molar-refractivity contribution in [3.8, 4) is 6.19 Å². The van der Waals surface area contributed by atoms with Crippen molar-refractivity contribution in [2.24, 2.45) is 0 Å². The van der Waals surface area contributed by atoms with Gasteiger partial charge in [0.05, 0.1) is 0 Å². The molecule has 0 spiro atoms. The molecule has 2 unspecified atom stereocenters. The normalized spacial score (nSPS) is 18.1. The lowest BCUT2D eigenvalue weighted by Gasteiger charge is -2.14. The summed E-state index contributed by atoms with van der Waals surface area (Å²) in [6.07, 6.45) is 1.01. The zero-order chi connectivity index (χ0) is 13.0. The highest BCUT2D eigenvalue weighted by molar-refractivity contribution is 7.66. The SMILES string of the molecule is N#CNOP(=O)(O)OP(=O)(O)OP(=O)(O)O.[AlH3]. The van der Waals surface area contributed by atoms with Gasteiger partial charge in [0.15, 0.2) is 17.4 Å². The molecule has 12 nitrogen and oxygen atoms in total. The lowest BCUT2D eigenvalue weighted by Crippen LogP contribution is -2.06. The van der Waals surface area contributed by atoms with Gasteiger partial charge in [-0.25, -0.2) is 13.7 Å². The molecular weight excluding hydrogens is 320 g/mol. The number of hydroxylamine groups is 1.